The molecular weight excluding hydrogens is 266 g/mol. The Bertz CT molecular complexity index is 320. The molecule has 1 atom stereocenters. The Labute approximate surface area is 107 Å². The average molecular weight is 288 g/mol. The van der Waals surface area contributed by atoms with Crippen LogP contribution in [0.1, 0.15) is 45.9 Å². The summed E-state index contributed by atoms with van der Waals surface area (Å²) in [5.41, 5.74) is 1.28. The minimum absolute atomic E-state index is 0.391. The normalized spacial score (nSPS) is 13.4. The second kappa shape index (κ2) is 6.40. The zero-order valence-corrected chi connectivity index (χ0v) is 12.2. The summed E-state index contributed by atoms with van der Waals surface area (Å²) < 4.78 is 3.18. The number of hydrogen-bond acceptors (Lipinski definition) is 2. The number of nitrogens with zero attached hydrogens (tertiary/aromatic N) is 2. The molecule has 1 aromatic heterocycles. The van der Waals surface area contributed by atoms with E-state index in [1.54, 1.807) is 0 Å². The molecule has 92 valence electrons. The van der Waals surface area contributed by atoms with E-state index in [4.69, 9.17) is 0 Å². The Morgan fingerprint density at radius 2 is 2.12 bits per heavy atom. The van der Waals surface area contributed by atoms with Gasteiger partial charge in [0.05, 0.1) is 22.4 Å². The summed E-state index contributed by atoms with van der Waals surface area (Å²) in [6, 6.07) is 0.391. The Morgan fingerprint density at radius 3 is 2.62 bits per heavy atom. The molecular formula is C12H22BrN3. The highest BCUT2D eigenvalue weighted by molar-refractivity contribution is 9.10. The van der Waals surface area contributed by atoms with Crippen LogP contribution in [0.2, 0.25) is 0 Å². The van der Waals surface area contributed by atoms with E-state index < -0.39 is 0 Å². The highest BCUT2D eigenvalue weighted by Crippen LogP contribution is 2.27. The van der Waals surface area contributed by atoms with Crippen molar-refractivity contribution in [2.75, 3.05) is 6.54 Å². The molecule has 0 fully saturated rings. The molecule has 0 aliphatic carbocycles. The predicted molar refractivity (Wildman–Crippen MR) is 71.5 cm³/mol. The zero-order valence-electron chi connectivity index (χ0n) is 10.6. The van der Waals surface area contributed by atoms with Gasteiger partial charge in [-0.15, -0.1) is 0 Å². The first-order valence-corrected chi connectivity index (χ1v) is 6.84. The lowest BCUT2D eigenvalue weighted by Crippen LogP contribution is -2.25. The molecule has 0 aliphatic heterocycles. The maximum atomic E-state index is 4.37. The number of halogens is 1. The first-order valence-electron chi connectivity index (χ1n) is 6.04. The molecule has 3 nitrogen and oxygen atoms in total. The fourth-order valence-corrected chi connectivity index (χ4v) is 2.55. The van der Waals surface area contributed by atoms with Crippen LogP contribution in [-0.2, 0) is 6.54 Å². The SMILES string of the molecule is CCNC(CC(C)C)c1c(Br)cnn1CC. The van der Waals surface area contributed by atoms with Gasteiger partial charge in [0.1, 0.15) is 0 Å². The molecule has 4 heteroatoms. The number of nitrogens with one attached hydrogen (secondary N) is 1. The van der Waals surface area contributed by atoms with Crippen molar-refractivity contribution < 1.29 is 0 Å². The lowest BCUT2D eigenvalue weighted by atomic mass is 10.0. The summed E-state index contributed by atoms with van der Waals surface area (Å²) in [6.07, 6.45) is 3.03. The summed E-state index contributed by atoms with van der Waals surface area (Å²) in [7, 11) is 0. The highest BCUT2D eigenvalue weighted by Gasteiger charge is 2.19. The molecule has 0 amide bonds. The molecule has 0 aromatic carbocycles. The van der Waals surface area contributed by atoms with Crippen LogP contribution >= 0.6 is 15.9 Å². The molecule has 0 spiro atoms. The Kier molecular flexibility index (Phi) is 5.49. The molecule has 1 N–H and O–H groups in total. The molecule has 0 saturated carbocycles. The third kappa shape index (κ3) is 3.32. The second-order valence-corrected chi connectivity index (χ2v) is 5.29. The van der Waals surface area contributed by atoms with Crippen LogP contribution in [0.15, 0.2) is 10.7 Å². The Balaban J connectivity index is 2.94. The Morgan fingerprint density at radius 1 is 1.44 bits per heavy atom. The van der Waals surface area contributed by atoms with E-state index in [1.165, 1.54) is 5.69 Å². The molecule has 0 radical (unpaired) electrons. The fourth-order valence-electron chi connectivity index (χ4n) is 1.98. The van der Waals surface area contributed by atoms with Crippen LogP contribution in [0.5, 0.6) is 0 Å². The molecule has 1 rings (SSSR count). The molecule has 1 aromatic rings. The van der Waals surface area contributed by atoms with Gasteiger partial charge in [-0.2, -0.15) is 5.10 Å². The predicted octanol–water partition coefficient (Wildman–Crippen LogP) is 3.36. The lowest BCUT2D eigenvalue weighted by Gasteiger charge is -2.21. The van der Waals surface area contributed by atoms with Crippen molar-refractivity contribution in [2.24, 2.45) is 5.92 Å². The number of aromatic nitrogens is 2. The summed E-state index contributed by atoms with van der Waals surface area (Å²) in [4.78, 5) is 0. The summed E-state index contributed by atoms with van der Waals surface area (Å²) in [5, 5.41) is 7.92. The van der Waals surface area contributed by atoms with Crippen molar-refractivity contribution in [3.8, 4) is 0 Å². The first-order chi connectivity index (χ1) is 7.60. The quantitative estimate of drug-likeness (QED) is 0.870. The van der Waals surface area contributed by atoms with Gasteiger partial charge in [0.2, 0.25) is 0 Å². The van der Waals surface area contributed by atoms with Crippen LogP contribution in [0.25, 0.3) is 0 Å². The topological polar surface area (TPSA) is 29.9 Å². The van der Waals surface area contributed by atoms with Crippen molar-refractivity contribution in [1.82, 2.24) is 15.1 Å². The van der Waals surface area contributed by atoms with Crippen molar-refractivity contribution in [3.63, 3.8) is 0 Å². The van der Waals surface area contributed by atoms with Gasteiger partial charge >= 0.3 is 0 Å². The van der Waals surface area contributed by atoms with Gasteiger partial charge in [0, 0.05) is 6.54 Å². The van der Waals surface area contributed by atoms with E-state index in [0.29, 0.717) is 12.0 Å². The van der Waals surface area contributed by atoms with Gasteiger partial charge in [-0.05, 0) is 41.7 Å². The van der Waals surface area contributed by atoms with Gasteiger partial charge in [-0.1, -0.05) is 20.8 Å². The van der Waals surface area contributed by atoms with Crippen LogP contribution in [0, 0.1) is 5.92 Å². The Hall–Kier alpha value is -0.350. The smallest absolute Gasteiger partial charge is 0.0695 e. The highest BCUT2D eigenvalue weighted by atomic mass is 79.9. The summed E-state index contributed by atoms with van der Waals surface area (Å²) in [6.45, 7) is 10.7. The van der Waals surface area contributed by atoms with Gasteiger partial charge in [-0.3, -0.25) is 4.68 Å². The molecule has 0 aliphatic rings. The van der Waals surface area contributed by atoms with E-state index in [9.17, 15) is 0 Å². The molecule has 0 bridgehead atoms. The molecule has 1 unspecified atom stereocenters. The van der Waals surface area contributed by atoms with Gasteiger partial charge in [0.15, 0.2) is 0 Å². The average Bonchev–Trinajstić information content (AvgIpc) is 2.58. The zero-order chi connectivity index (χ0) is 12.1. The van der Waals surface area contributed by atoms with Crippen molar-refractivity contribution in [1.29, 1.82) is 0 Å². The fraction of sp³-hybridized carbons (Fsp3) is 0.750. The van der Waals surface area contributed by atoms with Crippen LogP contribution in [-0.4, -0.2) is 16.3 Å². The van der Waals surface area contributed by atoms with Gasteiger partial charge in [0.25, 0.3) is 0 Å². The van der Waals surface area contributed by atoms with E-state index in [2.05, 4.69) is 58.7 Å². The first kappa shape index (κ1) is 13.7. The molecule has 0 saturated heterocycles. The number of aryl methyl sites for hydroxylation is 1. The molecule has 1 heterocycles. The van der Waals surface area contributed by atoms with Gasteiger partial charge < -0.3 is 5.32 Å². The van der Waals surface area contributed by atoms with Crippen LogP contribution < -0.4 is 5.32 Å². The largest absolute Gasteiger partial charge is 0.309 e. The van der Waals surface area contributed by atoms with E-state index in [1.807, 2.05) is 6.20 Å². The lowest BCUT2D eigenvalue weighted by molar-refractivity contribution is 0.409. The van der Waals surface area contributed by atoms with Crippen molar-refractivity contribution >= 4 is 15.9 Å². The monoisotopic (exact) mass is 287 g/mol. The maximum Gasteiger partial charge on any atom is 0.0695 e. The minimum atomic E-state index is 0.391. The second-order valence-electron chi connectivity index (χ2n) is 4.43. The molecule has 16 heavy (non-hydrogen) atoms. The van der Waals surface area contributed by atoms with E-state index in [0.717, 1.165) is 24.0 Å². The van der Waals surface area contributed by atoms with Crippen molar-refractivity contribution in [3.05, 3.63) is 16.4 Å². The number of hydrogen-bond donors (Lipinski definition) is 1. The van der Waals surface area contributed by atoms with E-state index >= 15 is 0 Å². The minimum Gasteiger partial charge on any atom is -0.309 e. The summed E-state index contributed by atoms with van der Waals surface area (Å²) >= 11 is 3.60. The van der Waals surface area contributed by atoms with Crippen molar-refractivity contribution in [2.45, 2.75) is 46.7 Å². The maximum absolute atomic E-state index is 4.37. The third-order valence-electron chi connectivity index (χ3n) is 2.62. The van der Waals surface area contributed by atoms with Crippen LogP contribution in [0.4, 0.5) is 0 Å². The summed E-state index contributed by atoms with van der Waals surface area (Å²) in [5.74, 6) is 0.677. The van der Waals surface area contributed by atoms with Gasteiger partial charge in [-0.25, -0.2) is 0 Å². The number of rotatable bonds is 6. The van der Waals surface area contributed by atoms with Crippen LogP contribution in [0.3, 0.4) is 0 Å². The third-order valence-corrected chi connectivity index (χ3v) is 3.23. The van der Waals surface area contributed by atoms with E-state index in [-0.39, 0.29) is 0 Å². The standard InChI is InChI=1S/C12H22BrN3/c1-5-14-11(7-9(3)4)12-10(13)8-15-16(12)6-2/h8-9,11,14H,5-7H2,1-4H3.